The highest BCUT2D eigenvalue weighted by atomic mass is 16.5. The van der Waals surface area contributed by atoms with E-state index in [1.165, 1.54) is 18.4 Å². The molecule has 7 nitrogen and oxygen atoms in total. The smallest absolute Gasteiger partial charge is 0.275 e. The second-order valence-corrected chi connectivity index (χ2v) is 7.93. The van der Waals surface area contributed by atoms with E-state index in [1.807, 2.05) is 32.9 Å². The van der Waals surface area contributed by atoms with Crippen LogP contribution < -0.4 is 15.0 Å². The lowest BCUT2D eigenvalue weighted by atomic mass is 9.98. The molecule has 1 unspecified atom stereocenters. The maximum atomic E-state index is 12.6. The number of fused-ring (bicyclic) bond motifs is 1. The number of hydrogen-bond donors (Lipinski definition) is 1. The van der Waals surface area contributed by atoms with Crippen LogP contribution in [0.4, 0.5) is 0 Å². The molecule has 4 rings (SSSR count). The molecule has 1 aromatic carbocycles. The predicted octanol–water partition coefficient (Wildman–Crippen LogP) is 3.77. The van der Waals surface area contributed by atoms with E-state index in [4.69, 9.17) is 9.47 Å². The molecule has 1 saturated heterocycles. The van der Waals surface area contributed by atoms with Crippen molar-refractivity contribution in [3.8, 4) is 11.5 Å². The lowest BCUT2D eigenvalue weighted by Gasteiger charge is -2.35. The number of piperidine rings is 1. The van der Waals surface area contributed by atoms with Gasteiger partial charge in [0.1, 0.15) is 0 Å². The maximum Gasteiger partial charge on any atom is 0.275 e. The highest BCUT2D eigenvalue weighted by molar-refractivity contribution is 5.44. The average molecular weight is 411 g/mol. The molecular weight excluding hydrogens is 380 g/mol. The summed E-state index contributed by atoms with van der Waals surface area (Å²) >= 11 is 0. The van der Waals surface area contributed by atoms with Crippen molar-refractivity contribution in [1.29, 1.82) is 0 Å². The molecule has 0 spiro atoms. The molecule has 0 aliphatic carbocycles. The largest absolute Gasteiger partial charge is 0.493 e. The van der Waals surface area contributed by atoms with Crippen LogP contribution in [-0.2, 0) is 6.54 Å². The first-order chi connectivity index (χ1) is 14.5. The molecule has 30 heavy (non-hydrogen) atoms. The van der Waals surface area contributed by atoms with Crippen LogP contribution in [0.15, 0.2) is 29.1 Å². The Bertz CT molecular complexity index is 1100. The fraction of sp³-hybridized carbons (Fsp3) is 0.478. The summed E-state index contributed by atoms with van der Waals surface area (Å²) in [4.78, 5) is 19.7. The average Bonchev–Trinajstić information content (AvgIpc) is 3.17. The standard InChI is InChI=1S/C23H30N4O3/c1-5-30-20-10-9-17(12-21(20)29-4)14-26-11-7-6-8-19(26)18-13-22-24-16(3)15(2)23(28)27(22)25-18/h9-10,12-13,19,25H,5-8,11,14H2,1-4H3. The summed E-state index contributed by atoms with van der Waals surface area (Å²) in [6.45, 7) is 8.10. The van der Waals surface area contributed by atoms with Gasteiger partial charge in [0.25, 0.3) is 5.56 Å². The van der Waals surface area contributed by atoms with E-state index < -0.39 is 0 Å². The zero-order chi connectivity index (χ0) is 21.3. The van der Waals surface area contributed by atoms with Gasteiger partial charge < -0.3 is 9.47 Å². The summed E-state index contributed by atoms with van der Waals surface area (Å²) in [6.07, 6.45) is 3.39. The van der Waals surface area contributed by atoms with E-state index >= 15 is 0 Å². The molecule has 1 atom stereocenters. The van der Waals surface area contributed by atoms with Crippen LogP contribution in [0.25, 0.3) is 5.65 Å². The Morgan fingerprint density at radius 2 is 2.03 bits per heavy atom. The Balaban J connectivity index is 1.63. The van der Waals surface area contributed by atoms with Crippen molar-refractivity contribution >= 4 is 5.65 Å². The highest BCUT2D eigenvalue weighted by Crippen LogP contribution is 2.34. The normalized spacial score (nSPS) is 17.4. The van der Waals surface area contributed by atoms with Gasteiger partial charge in [-0.05, 0) is 57.9 Å². The Morgan fingerprint density at radius 1 is 1.20 bits per heavy atom. The molecule has 1 aliphatic heterocycles. The van der Waals surface area contributed by atoms with Gasteiger partial charge in [-0.3, -0.25) is 14.8 Å². The third-order valence-corrected chi connectivity index (χ3v) is 5.99. The summed E-state index contributed by atoms with van der Waals surface area (Å²) in [7, 11) is 1.67. The van der Waals surface area contributed by atoms with Crippen LogP contribution in [0.1, 0.15) is 54.7 Å². The summed E-state index contributed by atoms with van der Waals surface area (Å²) < 4.78 is 12.7. The molecule has 1 aliphatic rings. The zero-order valence-electron chi connectivity index (χ0n) is 18.2. The summed E-state index contributed by atoms with van der Waals surface area (Å²) in [6, 6.07) is 8.38. The predicted molar refractivity (Wildman–Crippen MR) is 116 cm³/mol. The number of hydrogen-bond acceptors (Lipinski definition) is 5. The van der Waals surface area contributed by atoms with Gasteiger partial charge in [-0.1, -0.05) is 12.5 Å². The summed E-state index contributed by atoms with van der Waals surface area (Å²) in [5.41, 5.74) is 4.35. The van der Waals surface area contributed by atoms with Crippen LogP contribution in [-0.4, -0.2) is 39.8 Å². The Hall–Kier alpha value is -2.80. The molecule has 2 aromatic heterocycles. The van der Waals surface area contributed by atoms with Gasteiger partial charge in [-0.15, -0.1) is 0 Å². The first-order valence-corrected chi connectivity index (χ1v) is 10.6. The van der Waals surface area contributed by atoms with E-state index in [9.17, 15) is 4.79 Å². The van der Waals surface area contributed by atoms with Crippen LogP contribution in [0.2, 0.25) is 0 Å². The third kappa shape index (κ3) is 3.81. The minimum absolute atomic E-state index is 0.0256. The van der Waals surface area contributed by atoms with Crippen LogP contribution in [0.5, 0.6) is 11.5 Å². The van der Waals surface area contributed by atoms with E-state index in [0.29, 0.717) is 17.8 Å². The Morgan fingerprint density at radius 3 is 2.80 bits per heavy atom. The molecule has 3 aromatic rings. The number of aromatic amines is 1. The molecular formula is C23H30N4O3. The number of methoxy groups -OCH3 is 1. The topological polar surface area (TPSA) is 71.9 Å². The lowest BCUT2D eigenvalue weighted by molar-refractivity contribution is 0.137. The minimum Gasteiger partial charge on any atom is -0.493 e. The van der Waals surface area contributed by atoms with Crippen LogP contribution in [0.3, 0.4) is 0 Å². The van der Waals surface area contributed by atoms with Gasteiger partial charge in [0.2, 0.25) is 0 Å². The maximum absolute atomic E-state index is 12.6. The van der Waals surface area contributed by atoms with Crippen molar-refractivity contribution in [2.24, 2.45) is 0 Å². The van der Waals surface area contributed by atoms with Crippen molar-refractivity contribution in [2.75, 3.05) is 20.3 Å². The molecule has 1 fully saturated rings. The van der Waals surface area contributed by atoms with Gasteiger partial charge in [-0.2, -0.15) is 0 Å². The van der Waals surface area contributed by atoms with Crippen molar-refractivity contribution in [3.63, 3.8) is 0 Å². The monoisotopic (exact) mass is 410 g/mol. The number of nitrogens with zero attached hydrogens (tertiary/aromatic N) is 3. The van der Waals surface area contributed by atoms with Gasteiger partial charge in [0, 0.05) is 23.9 Å². The minimum atomic E-state index is -0.0256. The SMILES string of the molecule is CCOc1ccc(CN2CCCCC2c2cc3nc(C)c(C)c(=O)n3[nH]2)cc1OC. The van der Waals surface area contributed by atoms with E-state index in [0.717, 1.165) is 42.4 Å². The zero-order valence-corrected chi connectivity index (χ0v) is 18.2. The van der Waals surface area contributed by atoms with Crippen molar-refractivity contribution in [1.82, 2.24) is 19.5 Å². The third-order valence-electron chi connectivity index (χ3n) is 5.99. The first kappa shape index (κ1) is 20.5. The fourth-order valence-corrected chi connectivity index (χ4v) is 4.26. The van der Waals surface area contributed by atoms with Gasteiger partial charge in [-0.25, -0.2) is 9.50 Å². The van der Waals surface area contributed by atoms with E-state index in [2.05, 4.69) is 27.1 Å². The van der Waals surface area contributed by atoms with Gasteiger partial charge >= 0.3 is 0 Å². The van der Waals surface area contributed by atoms with Crippen LogP contribution >= 0.6 is 0 Å². The van der Waals surface area contributed by atoms with Crippen molar-refractivity contribution < 1.29 is 9.47 Å². The van der Waals surface area contributed by atoms with Gasteiger partial charge in [0.15, 0.2) is 17.1 Å². The molecule has 0 amide bonds. The number of ether oxygens (including phenoxy) is 2. The van der Waals surface area contributed by atoms with Crippen molar-refractivity contribution in [3.05, 3.63) is 57.1 Å². The summed E-state index contributed by atoms with van der Waals surface area (Å²) in [5.74, 6) is 1.53. The van der Waals surface area contributed by atoms with Crippen molar-refractivity contribution in [2.45, 2.75) is 52.6 Å². The molecule has 0 radical (unpaired) electrons. The number of likely N-dealkylation sites (tertiary alicyclic amines) is 1. The lowest BCUT2D eigenvalue weighted by Crippen LogP contribution is -2.33. The first-order valence-electron chi connectivity index (χ1n) is 10.6. The van der Waals surface area contributed by atoms with E-state index in [1.54, 1.807) is 11.6 Å². The molecule has 160 valence electrons. The number of rotatable bonds is 6. The second kappa shape index (κ2) is 8.52. The van der Waals surface area contributed by atoms with E-state index in [-0.39, 0.29) is 11.6 Å². The Labute approximate surface area is 176 Å². The highest BCUT2D eigenvalue weighted by Gasteiger charge is 2.26. The molecule has 0 saturated carbocycles. The number of nitrogens with one attached hydrogen (secondary N) is 1. The molecule has 0 bridgehead atoms. The second-order valence-electron chi connectivity index (χ2n) is 7.93. The Kier molecular flexibility index (Phi) is 5.81. The van der Waals surface area contributed by atoms with Crippen LogP contribution in [0, 0.1) is 13.8 Å². The number of H-pyrrole nitrogens is 1. The summed E-state index contributed by atoms with van der Waals surface area (Å²) in [5, 5.41) is 3.32. The fourth-order valence-electron chi connectivity index (χ4n) is 4.26. The van der Waals surface area contributed by atoms with Gasteiger partial charge in [0.05, 0.1) is 25.5 Å². The quantitative estimate of drug-likeness (QED) is 0.670. The number of aryl methyl sites for hydroxylation is 1. The number of aromatic nitrogens is 3. The molecule has 7 heteroatoms. The molecule has 1 N–H and O–H groups in total. The molecule has 3 heterocycles. The number of benzene rings is 1.